The van der Waals surface area contributed by atoms with Crippen LogP contribution in [0.15, 0.2) is 18.2 Å². The Balaban J connectivity index is 3.21. The van der Waals surface area contributed by atoms with Crippen molar-refractivity contribution in [2.45, 2.75) is 26.3 Å². The lowest BCUT2D eigenvalue weighted by Gasteiger charge is -2.21. The Morgan fingerprint density at radius 3 is 2.39 bits per heavy atom. The summed E-state index contributed by atoms with van der Waals surface area (Å²) in [6.07, 6.45) is 0. The topological polar surface area (TPSA) is 84.3 Å². The minimum absolute atomic E-state index is 0.112. The lowest BCUT2D eigenvalue weighted by molar-refractivity contribution is -0.384. The Morgan fingerprint density at radius 1 is 1.33 bits per heavy atom. The van der Waals surface area contributed by atoms with E-state index in [0.717, 1.165) is 0 Å². The number of carbonyl (C=O) groups is 1. The molecule has 0 aliphatic carbocycles. The van der Waals surface area contributed by atoms with Crippen molar-refractivity contribution in [3.8, 4) is 0 Å². The number of hydrogen-bond donors (Lipinski definition) is 2. The van der Waals surface area contributed by atoms with E-state index in [1.807, 2.05) is 20.8 Å². The van der Waals surface area contributed by atoms with Crippen molar-refractivity contribution in [2.75, 3.05) is 12.4 Å². The van der Waals surface area contributed by atoms with Gasteiger partial charge in [0.2, 0.25) is 0 Å². The number of nitro benzene ring substituents is 1. The van der Waals surface area contributed by atoms with Crippen LogP contribution in [0.25, 0.3) is 0 Å². The van der Waals surface area contributed by atoms with E-state index in [-0.39, 0.29) is 22.8 Å². The highest BCUT2D eigenvalue weighted by atomic mass is 16.6. The van der Waals surface area contributed by atoms with Crippen LogP contribution in [0.5, 0.6) is 0 Å². The van der Waals surface area contributed by atoms with Crippen LogP contribution in [0.4, 0.5) is 11.4 Å². The standard InChI is InChI=1S/C12H17N3O3/c1-12(2,3)14-11(16)8-6-5-7-9(15(17)18)10(8)13-4/h5-7,13H,1-4H3,(H,14,16). The zero-order valence-electron chi connectivity index (χ0n) is 10.9. The minimum Gasteiger partial charge on any atom is -0.382 e. The molecule has 0 saturated carbocycles. The monoisotopic (exact) mass is 251 g/mol. The summed E-state index contributed by atoms with van der Waals surface area (Å²) >= 11 is 0. The highest BCUT2D eigenvalue weighted by Crippen LogP contribution is 2.27. The second-order valence-corrected chi connectivity index (χ2v) is 4.91. The molecule has 0 heterocycles. The molecule has 0 atom stereocenters. The maximum atomic E-state index is 12.0. The van der Waals surface area contributed by atoms with Gasteiger partial charge >= 0.3 is 0 Å². The van der Waals surface area contributed by atoms with Crippen molar-refractivity contribution in [1.29, 1.82) is 0 Å². The third-order valence-electron chi connectivity index (χ3n) is 2.22. The summed E-state index contributed by atoms with van der Waals surface area (Å²) < 4.78 is 0. The maximum absolute atomic E-state index is 12.0. The molecule has 1 amide bonds. The lowest BCUT2D eigenvalue weighted by atomic mass is 10.1. The van der Waals surface area contributed by atoms with Gasteiger partial charge in [-0.2, -0.15) is 0 Å². The predicted molar refractivity (Wildman–Crippen MR) is 69.9 cm³/mol. The van der Waals surface area contributed by atoms with E-state index in [4.69, 9.17) is 0 Å². The van der Waals surface area contributed by atoms with Gasteiger partial charge in [0.15, 0.2) is 0 Å². The molecule has 1 rings (SSSR count). The Labute approximate surface area is 106 Å². The summed E-state index contributed by atoms with van der Waals surface area (Å²) in [4.78, 5) is 22.4. The van der Waals surface area contributed by atoms with E-state index in [1.165, 1.54) is 12.1 Å². The molecule has 1 aromatic rings. The van der Waals surface area contributed by atoms with Crippen molar-refractivity contribution >= 4 is 17.3 Å². The molecule has 0 bridgehead atoms. The number of hydrogen-bond acceptors (Lipinski definition) is 4. The third kappa shape index (κ3) is 3.19. The Kier molecular flexibility index (Phi) is 3.90. The van der Waals surface area contributed by atoms with E-state index >= 15 is 0 Å². The van der Waals surface area contributed by atoms with Crippen molar-refractivity contribution in [2.24, 2.45) is 0 Å². The van der Waals surface area contributed by atoms with Gasteiger partial charge in [0.05, 0.1) is 10.5 Å². The molecule has 0 fully saturated rings. The minimum atomic E-state index is -0.514. The van der Waals surface area contributed by atoms with E-state index in [1.54, 1.807) is 13.1 Å². The summed E-state index contributed by atoms with van der Waals surface area (Å²) in [5.74, 6) is -0.337. The van der Waals surface area contributed by atoms with Crippen LogP contribution in [-0.2, 0) is 0 Å². The molecule has 0 unspecified atom stereocenters. The second-order valence-electron chi connectivity index (χ2n) is 4.91. The Bertz CT molecular complexity index is 478. The molecule has 6 heteroatoms. The number of nitro groups is 1. The third-order valence-corrected chi connectivity index (χ3v) is 2.22. The van der Waals surface area contributed by atoms with Gasteiger partial charge in [-0.25, -0.2) is 0 Å². The first-order valence-electron chi connectivity index (χ1n) is 5.54. The van der Waals surface area contributed by atoms with Crippen LogP contribution in [0, 0.1) is 10.1 Å². The molecule has 98 valence electrons. The molecule has 6 nitrogen and oxygen atoms in total. The fourth-order valence-corrected chi connectivity index (χ4v) is 1.55. The summed E-state index contributed by atoms with van der Waals surface area (Å²) in [5, 5.41) is 16.4. The normalized spacial score (nSPS) is 10.9. The van der Waals surface area contributed by atoms with Gasteiger partial charge in [-0.1, -0.05) is 6.07 Å². The fourth-order valence-electron chi connectivity index (χ4n) is 1.55. The zero-order valence-corrected chi connectivity index (χ0v) is 10.9. The van der Waals surface area contributed by atoms with Gasteiger partial charge in [0.25, 0.3) is 11.6 Å². The fraction of sp³-hybridized carbons (Fsp3) is 0.417. The largest absolute Gasteiger partial charge is 0.382 e. The first-order chi connectivity index (χ1) is 8.26. The van der Waals surface area contributed by atoms with Gasteiger partial charge in [0, 0.05) is 18.7 Å². The smallest absolute Gasteiger partial charge is 0.293 e. The van der Waals surface area contributed by atoms with Crippen LogP contribution in [0.1, 0.15) is 31.1 Å². The molecule has 0 aliphatic rings. The van der Waals surface area contributed by atoms with Crippen LogP contribution >= 0.6 is 0 Å². The van der Waals surface area contributed by atoms with E-state index in [0.29, 0.717) is 0 Å². The number of para-hydroxylation sites is 1. The molecule has 1 aromatic carbocycles. The quantitative estimate of drug-likeness (QED) is 0.637. The molecule has 0 spiro atoms. The lowest BCUT2D eigenvalue weighted by Crippen LogP contribution is -2.40. The second kappa shape index (κ2) is 5.03. The van der Waals surface area contributed by atoms with Crippen molar-refractivity contribution in [1.82, 2.24) is 5.32 Å². The van der Waals surface area contributed by atoms with Gasteiger partial charge < -0.3 is 10.6 Å². The van der Waals surface area contributed by atoms with Gasteiger partial charge in [-0.15, -0.1) is 0 Å². The zero-order chi connectivity index (χ0) is 13.9. The van der Waals surface area contributed by atoms with Crippen LogP contribution in [-0.4, -0.2) is 23.4 Å². The first-order valence-corrected chi connectivity index (χ1v) is 5.54. The molecular formula is C12H17N3O3. The number of nitrogens with one attached hydrogen (secondary N) is 2. The summed E-state index contributed by atoms with van der Waals surface area (Å²) in [6, 6.07) is 4.41. The molecule has 0 aromatic heterocycles. The van der Waals surface area contributed by atoms with Crippen molar-refractivity contribution < 1.29 is 9.72 Å². The number of amides is 1. The van der Waals surface area contributed by atoms with Crippen LogP contribution < -0.4 is 10.6 Å². The molecule has 0 saturated heterocycles. The Morgan fingerprint density at radius 2 is 1.94 bits per heavy atom. The SMILES string of the molecule is CNc1c(C(=O)NC(C)(C)C)cccc1[N+](=O)[O-]. The van der Waals surface area contributed by atoms with Gasteiger partial charge in [-0.05, 0) is 26.8 Å². The highest BCUT2D eigenvalue weighted by Gasteiger charge is 2.23. The summed E-state index contributed by atoms with van der Waals surface area (Å²) in [5.41, 5.74) is -0.0165. The molecule has 0 radical (unpaired) electrons. The Hall–Kier alpha value is -2.11. The van der Waals surface area contributed by atoms with Gasteiger partial charge in [-0.3, -0.25) is 14.9 Å². The average molecular weight is 251 g/mol. The summed E-state index contributed by atoms with van der Waals surface area (Å²) in [6.45, 7) is 5.55. The van der Waals surface area contributed by atoms with E-state index in [2.05, 4.69) is 10.6 Å². The van der Waals surface area contributed by atoms with E-state index in [9.17, 15) is 14.9 Å². The molecule has 18 heavy (non-hydrogen) atoms. The maximum Gasteiger partial charge on any atom is 0.293 e. The van der Waals surface area contributed by atoms with E-state index < -0.39 is 10.5 Å². The van der Waals surface area contributed by atoms with Crippen LogP contribution in [0.2, 0.25) is 0 Å². The predicted octanol–water partition coefficient (Wildman–Crippen LogP) is 2.16. The number of nitrogens with zero attached hydrogens (tertiary/aromatic N) is 1. The average Bonchev–Trinajstić information content (AvgIpc) is 2.25. The molecule has 2 N–H and O–H groups in total. The first kappa shape index (κ1) is 14.0. The highest BCUT2D eigenvalue weighted by molar-refractivity contribution is 6.01. The molecular weight excluding hydrogens is 234 g/mol. The number of benzene rings is 1. The van der Waals surface area contributed by atoms with Crippen molar-refractivity contribution in [3.63, 3.8) is 0 Å². The number of carbonyl (C=O) groups excluding carboxylic acids is 1. The van der Waals surface area contributed by atoms with Crippen LogP contribution in [0.3, 0.4) is 0 Å². The van der Waals surface area contributed by atoms with Crippen molar-refractivity contribution in [3.05, 3.63) is 33.9 Å². The summed E-state index contributed by atoms with van der Waals surface area (Å²) in [7, 11) is 1.55. The number of rotatable bonds is 3. The molecule has 0 aliphatic heterocycles. The number of anilines is 1. The van der Waals surface area contributed by atoms with Gasteiger partial charge in [0.1, 0.15) is 5.69 Å².